The molecule has 1 atom stereocenters. The number of alkyl halides is 2. The lowest BCUT2D eigenvalue weighted by Gasteiger charge is -2.21. The Morgan fingerprint density at radius 2 is 2.02 bits per heavy atom. The molecule has 5 rings (SSSR count). The molecule has 4 heterocycles. The Hall–Kier alpha value is -3.80. The number of aromatic nitrogens is 3. The number of rotatable bonds is 10. The van der Waals surface area contributed by atoms with Crippen LogP contribution in [0.4, 0.5) is 8.78 Å². The maximum atomic E-state index is 13.7. The van der Waals surface area contributed by atoms with Crippen LogP contribution in [0.15, 0.2) is 30.7 Å². The molecule has 2 aliphatic rings. The molecule has 0 aliphatic carbocycles. The summed E-state index contributed by atoms with van der Waals surface area (Å²) < 4.78 is 46.5. The predicted molar refractivity (Wildman–Crippen MR) is 142 cm³/mol. The number of amides is 2. The third kappa shape index (κ3) is 6.01. The van der Waals surface area contributed by atoms with Crippen LogP contribution >= 0.6 is 0 Å². The highest BCUT2D eigenvalue weighted by atomic mass is 19.3. The Morgan fingerprint density at radius 1 is 1.25 bits per heavy atom. The summed E-state index contributed by atoms with van der Waals surface area (Å²) in [6.07, 6.45) is 7.42. The lowest BCUT2D eigenvalue weighted by atomic mass is 9.97. The van der Waals surface area contributed by atoms with E-state index in [1.807, 2.05) is 24.7 Å². The first-order valence-corrected chi connectivity index (χ1v) is 13.5. The van der Waals surface area contributed by atoms with Gasteiger partial charge in [0.05, 0.1) is 23.9 Å². The van der Waals surface area contributed by atoms with Crippen LogP contribution in [0, 0.1) is 5.92 Å². The fraction of sp³-hybridized carbons (Fsp3) is 0.500. The Kier molecular flexibility index (Phi) is 7.88. The molecular formula is C28H33F2N5O5. The van der Waals surface area contributed by atoms with Crippen molar-refractivity contribution in [1.82, 2.24) is 20.1 Å². The fourth-order valence-electron chi connectivity index (χ4n) is 5.13. The number of hydrogen-bond donors (Lipinski definition) is 2. The molecule has 214 valence electrons. The molecule has 2 saturated heterocycles. The number of halogens is 2. The highest BCUT2D eigenvalue weighted by Crippen LogP contribution is 2.38. The van der Waals surface area contributed by atoms with Crippen molar-refractivity contribution in [2.24, 2.45) is 11.7 Å². The molecular weight excluding hydrogens is 524 g/mol. The Labute approximate surface area is 230 Å². The summed E-state index contributed by atoms with van der Waals surface area (Å²) in [7, 11) is 0. The van der Waals surface area contributed by atoms with Crippen LogP contribution in [0.5, 0.6) is 11.6 Å². The summed E-state index contributed by atoms with van der Waals surface area (Å²) >= 11 is 0. The van der Waals surface area contributed by atoms with Crippen molar-refractivity contribution in [3.63, 3.8) is 0 Å². The maximum Gasteiger partial charge on any atom is 0.326 e. The van der Waals surface area contributed by atoms with Crippen LogP contribution in [-0.2, 0) is 16.1 Å². The Balaban J connectivity index is 1.47. The number of fused-ring (bicyclic) bond motifs is 1. The van der Waals surface area contributed by atoms with E-state index in [1.54, 1.807) is 24.5 Å². The lowest BCUT2D eigenvalue weighted by Crippen LogP contribution is -2.33. The van der Waals surface area contributed by atoms with E-state index in [9.17, 15) is 18.4 Å². The molecule has 2 aliphatic heterocycles. The number of primary amides is 1. The van der Waals surface area contributed by atoms with E-state index in [0.29, 0.717) is 22.3 Å². The first-order valence-electron chi connectivity index (χ1n) is 13.5. The number of carbonyl (C=O) groups is 2. The first-order chi connectivity index (χ1) is 19.1. The molecule has 1 aromatic carbocycles. The first kappa shape index (κ1) is 27.8. The number of pyridine rings is 1. The number of aryl methyl sites for hydroxylation is 1. The minimum Gasteiger partial charge on any atom is -0.490 e. The average Bonchev–Trinajstić information content (AvgIpc) is 3.48. The largest absolute Gasteiger partial charge is 0.490 e. The zero-order valence-electron chi connectivity index (χ0n) is 22.5. The fourth-order valence-corrected chi connectivity index (χ4v) is 5.13. The van der Waals surface area contributed by atoms with Gasteiger partial charge in [0, 0.05) is 55.1 Å². The van der Waals surface area contributed by atoms with E-state index < -0.39 is 30.2 Å². The molecule has 3 N–H and O–H groups in total. The second-order valence-electron chi connectivity index (χ2n) is 10.6. The number of nitrogens with two attached hydrogens (primary N) is 1. The topological polar surface area (TPSA) is 131 Å². The van der Waals surface area contributed by atoms with Crippen molar-refractivity contribution in [2.45, 2.75) is 64.1 Å². The van der Waals surface area contributed by atoms with Crippen molar-refractivity contribution < 1.29 is 32.6 Å². The lowest BCUT2D eigenvalue weighted by molar-refractivity contribution is -0.139. The minimum absolute atomic E-state index is 0.153. The van der Waals surface area contributed by atoms with Gasteiger partial charge in [-0.15, -0.1) is 0 Å². The van der Waals surface area contributed by atoms with Gasteiger partial charge in [-0.25, -0.2) is 4.98 Å². The van der Waals surface area contributed by atoms with Crippen molar-refractivity contribution in [3.05, 3.63) is 36.3 Å². The van der Waals surface area contributed by atoms with Gasteiger partial charge in [0.1, 0.15) is 12.4 Å². The number of hydrogen-bond acceptors (Lipinski definition) is 7. The molecule has 2 fully saturated rings. The minimum atomic E-state index is -3.44. The normalized spacial score (nSPS) is 19.2. The van der Waals surface area contributed by atoms with Crippen LogP contribution < -0.4 is 20.5 Å². The summed E-state index contributed by atoms with van der Waals surface area (Å²) in [5.41, 5.74) is 7.37. The monoisotopic (exact) mass is 557 g/mol. The molecule has 0 unspecified atom stereocenters. The van der Waals surface area contributed by atoms with Gasteiger partial charge < -0.3 is 25.3 Å². The Bertz CT molecular complexity index is 1400. The second kappa shape index (κ2) is 11.4. The highest BCUT2D eigenvalue weighted by Gasteiger charge is 2.48. The van der Waals surface area contributed by atoms with Crippen LogP contribution in [0.2, 0.25) is 0 Å². The third-order valence-electron chi connectivity index (χ3n) is 7.22. The van der Waals surface area contributed by atoms with Crippen LogP contribution in [0.1, 0.15) is 49.9 Å². The predicted octanol–water partition coefficient (Wildman–Crippen LogP) is 3.70. The summed E-state index contributed by atoms with van der Waals surface area (Å²) in [6.45, 7) is 5.78. The van der Waals surface area contributed by atoms with Crippen molar-refractivity contribution in [1.29, 1.82) is 0 Å². The van der Waals surface area contributed by atoms with Gasteiger partial charge in [0.15, 0.2) is 0 Å². The molecule has 10 nitrogen and oxygen atoms in total. The quantitative estimate of drug-likeness (QED) is 0.389. The number of carbonyl (C=O) groups excluding carboxylic acids is 2. The van der Waals surface area contributed by atoms with Gasteiger partial charge >= 0.3 is 5.92 Å². The molecule has 3 aromatic rings. The molecule has 0 radical (unpaired) electrons. The van der Waals surface area contributed by atoms with Crippen LogP contribution in [0.25, 0.3) is 21.9 Å². The van der Waals surface area contributed by atoms with E-state index in [4.69, 9.17) is 19.9 Å². The summed E-state index contributed by atoms with van der Waals surface area (Å²) in [5.74, 6) is -4.41. The second-order valence-corrected chi connectivity index (χ2v) is 10.6. The van der Waals surface area contributed by atoms with E-state index in [-0.39, 0.29) is 29.9 Å². The van der Waals surface area contributed by atoms with E-state index in [0.717, 1.165) is 44.6 Å². The van der Waals surface area contributed by atoms with E-state index in [1.165, 1.54) is 0 Å². The maximum absolute atomic E-state index is 13.7. The van der Waals surface area contributed by atoms with Crippen LogP contribution in [0.3, 0.4) is 0 Å². The third-order valence-corrected chi connectivity index (χ3v) is 7.22. The van der Waals surface area contributed by atoms with Crippen LogP contribution in [-0.4, -0.2) is 64.5 Å². The van der Waals surface area contributed by atoms with Gasteiger partial charge in [-0.1, -0.05) is 0 Å². The molecule has 0 bridgehead atoms. The Morgan fingerprint density at radius 3 is 2.70 bits per heavy atom. The molecule has 0 spiro atoms. The van der Waals surface area contributed by atoms with Gasteiger partial charge in [-0.3, -0.25) is 14.3 Å². The molecule has 2 aromatic heterocycles. The van der Waals surface area contributed by atoms with E-state index >= 15 is 0 Å². The summed E-state index contributed by atoms with van der Waals surface area (Å²) in [6, 6.07) is 2.38. The summed E-state index contributed by atoms with van der Waals surface area (Å²) in [5, 5.41) is 7.90. The average molecular weight is 558 g/mol. The van der Waals surface area contributed by atoms with Crippen molar-refractivity contribution in [2.75, 3.05) is 19.8 Å². The SMILES string of the molecule is CC(C)Oc1cc2c(OC[C@@H]3CC(F)(F)C(=O)N3)ncc(-c3cnn(CCC4CCOCC4)c3)c2cc1C(N)=O. The molecule has 12 heteroatoms. The smallest absolute Gasteiger partial charge is 0.326 e. The zero-order valence-corrected chi connectivity index (χ0v) is 22.5. The van der Waals surface area contributed by atoms with Crippen molar-refractivity contribution >= 4 is 22.6 Å². The van der Waals surface area contributed by atoms with Crippen molar-refractivity contribution in [3.8, 4) is 22.8 Å². The van der Waals surface area contributed by atoms with E-state index in [2.05, 4.69) is 15.4 Å². The number of benzene rings is 1. The zero-order chi connectivity index (χ0) is 28.4. The van der Waals surface area contributed by atoms with Gasteiger partial charge in [-0.2, -0.15) is 13.9 Å². The standard InChI is InChI=1S/C28H33F2N5O5/c1-16(2)40-24-10-21-20(9-22(24)25(31)36)23(13-32-26(21)39-15-19-11-28(29,30)27(37)34-19)18-12-33-35(14-18)6-3-17-4-7-38-8-5-17/h9-10,12-14,16-17,19H,3-8,11,15H2,1-2H3,(H2,31,36)(H,34,37)/t19-/m0/s1. The summed E-state index contributed by atoms with van der Waals surface area (Å²) in [4.78, 5) is 28.4. The van der Waals surface area contributed by atoms with Gasteiger partial charge in [0.2, 0.25) is 5.88 Å². The van der Waals surface area contributed by atoms with Gasteiger partial charge in [0.25, 0.3) is 11.8 Å². The van der Waals surface area contributed by atoms with Gasteiger partial charge in [-0.05, 0) is 56.5 Å². The number of nitrogens with one attached hydrogen (secondary N) is 1. The molecule has 2 amide bonds. The number of nitrogens with zero attached hydrogens (tertiary/aromatic N) is 3. The highest BCUT2D eigenvalue weighted by molar-refractivity contribution is 6.06. The molecule has 0 saturated carbocycles. The number of ether oxygens (including phenoxy) is 3. The molecule has 40 heavy (non-hydrogen) atoms.